The number of nitrogens with one attached hydrogen (secondary N) is 1. The van der Waals surface area contributed by atoms with Crippen LogP contribution in [0.5, 0.6) is 0 Å². The van der Waals surface area contributed by atoms with Gasteiger partial charge in [0.25, 0.3) is 5.69 Å². The average molecular weight is 327 g/mol. The van der Waals surface area contributed by atoms with E-state index in [4.69, 9.17) is 0 Å². The SMILES string of the molecule is Cc1cc(Br)c(NC(C)C2CCCC2)cc1[N+](=O)[O-]. The molecule has 0 aliphatic heterocycles. The lowest BCUT2D eigenvalue weighted by atomic mass is 9.99. The highest BCUT2D eigenvalue weighted by Crippen LogP contribution is 2.34. The number of rotatable bonds is 4. The van der Waals surface area contributed by atoms with Gasteiger partial charge in [0.05, 0.1) is 10.6 Å². The summed E-state index contributed by atoms with van der Waals surface area (Å²) in [6, 6.07) is 3.79. The van der Waals surface area contributed by atoms with E-state index in [9.17, 15) is 10.1 Å². The number of aryl methyl sites for hydroxylation is 1. The Labute approximate surface area is 121 Å². The summed E-state index contributed by atoms with van der Waals surface area (Å²) in [6.07, 6.45) is 5.09. The fourth-order valence-electron chi connectivity index (χ4n) is 2.79. The number of nitrogens with zero attached hydrogens (tertiary/aromatic N) is 1. The summed E-state index contributed by atoms with van der Waals surface area (Å²) < 4.78 is 0.889. The van der Waals surface area contributed by atoms with E-state index in [0.29, 0.717) is 17.5 Å². The highest BCUT2D eigenvalue weighted by Gasteiger charge is 2.23. The minimum atomic E-state index is -0.326. The number of benzene rings is 1. The van der Waals surface area contributed by atoms with E-state index in [0.717, 1.165) is 10.2 Å². The fraction of sp³-hybridized carbons (Fsp3) is 0.571. The third-order valence-electron chi connectivity index (χ3n) is 3.97. The Balaban J connectivity index is 2.19. The predicted octanol–water partition coefficient (Wildman–Crippen LogP) is 4.66. The van der Waals surface area contributed by atoms with E-state index >= 15 is 0 Å². The third kappa shape index (κ3) is 3.26. The summed E-state index contributed by atoms with van der Waals surface area (Å²) in [5.41, 5.74) is 1.66. The largest absolute Gasteiger partial charge is 0.381 e. The molecule has 0 spiro atoms. The van der Waals surface area contributed by atoms with E-state index in [-0.39, 0.29) is 10.6 Å². The van der Waals surface area contributed by atoms with Crippen molar-refractivity contribution in [3.63, 3.8) is 0 Å². The molecule has 104 valence electrons. The maximum Gasteiger partial charge on any atom is 0.274 e. The van der Waals surface area contributed by atoms with Gasteiger partial charge in [-0.1, -0.05) is 12.8 Å². The van der Waals surface area contributed by atoms with Gasteiger partial charge < -0.3 is 5.32 Å². The lowest BCUT2D eigenvalue weighted by molar-refractivity contribution is -0.385. The van der Waals surface area contributed by atoms with E-state index in [1.165, 1.54) is 25.7 Å². The molecule has 1 aromatic rings. The molecule has 0 radical (unpaired) electrons. The van der Waals surface area contributed by atoms with E-state index in [1.807, 2.05) is 6.07 Å². The zero-order valence-corrected chi connectivity index (χ0v) is 12.9. The highest BCUT2D eigenvalue weighted by molar-refractivity contribution is 9.10. The quantitative estimate of drug-likeness (QED) is 0.646. The van der Waals surface area contributed by atoms with Crippen LogP contribution in [0.25, 0.3) is 0 Å². The van der Waals surface area contributed by atoms with Gasteiger partial charge in [0.15, 0.2) is 0 Å². The van der Waals surface area contributed by atoms with Crippen LogP contribution >= 0.6 is 15.9 Å². The Morgan fingerprint density at radius 3 is 2.63 bits per heavy atom. The van der Waals surface area contributed by atoms with Crippen LogP contribution in [0.1, 0.15) is 38.2 Å². The molecule has 5 heteroatoms. The molecule has 1 fully saturated rings. The standard InChI is InChI=1S/C14H19BrN2O2/c1-9-7-12(15)13(8-14(9)17(18)19)16-10(2)11-5-3-4-6-11/h7-8,10-11,16H,3-6H2,1-2H3. The molecule has 0 amide bonds. The maximum atomic E-state index is 11.0. The van der Waals surface area contributed by atoms with Crippen LogP contribution in [0.4, 0.5) is 11.4 Å². The van der Waals surface area contributed by atoms with Crippen LogP contribution in [0.2, 0.25) is 0 Å². The zero-order chi connectivity index (χ0) is 14.0. The Kier molecular flexibility index (Phi) is 4.45. The molecule has 0 aromatic heterocycles. The second-order valence-electron chi connectivity index (χ2n) is 5.35. The first kappa shape index (κ1) is 14.3. The van der Waals surface area contributed by atoms with Gasteiger partial charge in [0.2, 0.25) is 0 Å². The number of halogens is 1. The molecule has 2 rings (SSSR count). The third-order valence-corrected chi connectivity index (χ3v) is 4.63. The minimum Gasteiger partial charge on any atom is -0.381 e. The number of hydrogen-bond acceptors (Lipinski definition) is 3. The van der Waals surface area contributed by atoms with Crippen LogP contribution in [-0.2, 0) is 0 Å². The monoisotopic (exact) mass is 326 g/mol. The highest BCUT2D eigenvalue weighted by atomic mass is 79.9. The van der Waals surface area contributed by atoms with Gasteiger partial charge in [-0.25, -0.2) is 0 Å². The Hall–Kier alpha value is -1.10. The molecule has 4 nitrogen and oxygen atoms in total. The van der Waals surface area contributed by atoms with Gasteiger partial charge in [0, 0.05) is 22.1 Å². The van der Waals surface area contributed by atoms with Crippen LogP contribution in [-0.4, -0.2) is 11.0 Å². The van der Waals surface area contributed by atoms with Crippen LogP contribution < -0.4 is 5.32 Å². The van der Waals surface area contributed by atoms with Crippen LogP contribution in [0, 0.1) is 23.0 Å². The normalized spacial score (nSPS) is 17.4. The van der Waals surface area contributed by atoms with Crippen molar-refractivity contribution in [2.45, 2.75) is 45.6 Å². The van der Waals surface area contributed by atoms with E-state index in [1.54, 1.807) is 13.0 Å². The molecule has 0 saturated heterocycles. The van der Waals surface area contributed by atoms with Gasteiger partial charge in [-0.15, -0.1) is 0 Å². The number of nitro benzene ring substituents is 1. The fourth-order valence-corrected chi connectivity index (χ4v) is 3.36. The molecule has 1 saturated carbocycles. The summed E-state index contributed by atoms with van der Waals surface area (Å²) in [6.45, 7) is 3.92. The topological polar surface area (TPSA) is 55.2 Å². The lowest BCUT2D eigenvalue weighted by Crippen LogP contribution is -2.24. The molecule has 1 aromatic carbocycles. The second-order valence-corrected chi connectivity index (χ2v) is 6.21. The van der Waals surface area contributed by atoms with E-state index < -0.39 is 0 Å². The first-order valence-electron chi connectivity index (χ1n) is 6.70. The summed E-state index contributed by atoms with van der Waals surface area (Å²) in [4.78, 5) is 10.7. The summed E-state index contributed by atoms with van der Waals surface area (Å²) in [5, 5.41) is 14.4. The van der Waals surface area contributed by atoms with E-state index in [2.05, 4.69) is 28.2 Å². The van der Waals surface area contributed by atoms with Crippen molar-refractivity contribution >= 4 is 27.3 Å². The first-order chi connectivity index (χ1) is 8.99. The van der Waals surface area contributed by atoms with Gasteiger partial charge in [-0.3, -0.25) is 10.1 Å². The molecular weight excluding hydrogens is 308 g/mol. The van der Waals surface area contributed by atoms with Gasteiger partial charge >= 0.3 is 0 Å². The van der Waals surface area contributed by atoms with Gasteiger partial charge in [0.1, 0.15) is 0 Å². The predicted molar refractivity (Wildman–Crippen MR) is 80.6 cm³/mol. The minimum absolute atomic E-state index is 0.171. The number of hydrogen-bond donors (Lipinski definition) is 1. The Bertz CT molecular complexity index is 485. The zero-order valence-electron chi connectivity index (χ0n) is 11.3. The summed E-state index contributed by atoms with van der Waals surface area (Å²) in [5.74, 6) is 0.673. The van der Waals surface area contributed by atoms with Crippen molar-refractivity contribution in [3.05, 3.63) is 32.3 Å². The molecule has 19 heavy (non-hydrogen) atoms. The Morgan fingerprint density at radius 1 is 1.42 bits per heavy atom. The van der Waals surface area contributed by atoms with Crippen molar-refractivity contribution in [3.8, 4) is 0 Å². The van der Waals surface area contributed by atoms with Crippen LogP contribution in [0.15, 0.2) is 16.6 Å². The number of nitro groups is 1. The van der Waals surface area contributed by atoms with Crippen LogP contribution in [0.3, 0.4) is 0 Å². The molecule has 1 N–H and O–H groups in total. The second kappa shape index (κ2) is 5.90. The maximum absolute atomic E-state index is 11.0. The lowest BCUT2D eigenvalue weighted by Gasteiger charge is -2.22. The van der Waals surface area contributed by atoms with Crippen molar-refractivity contribution in [2.24, 2.45) is 5.92 Å². The van der Waals surface area contributed by atoms with Gasteiger partial charge in [-0.2, -0.15) is 0 Å². The van der Waals surface area contributed by atoms with Crippen molar-refractivity contribution in [1.29, 1.82) is 0 Å². The van der Waals surface area contributed by atoms with Crippen molar-refractivity contribution < 1.29 is 4.92 Å². The first-order valence-corrected chi connectivity index (χ1v) is 7.49. The molecule has 1 aliphatic carbocycles. The Morgan fingerprint density at radius 2 is 2.05 bits per heavy atom. The smallest absolute Gasteiger partial charge is 0.274 e. The molecular formula is C14H19BrN2O2. The molecule has 0 heterocycles. The average Bonchev–Trinajstić information content (AvgIpc) is 2.85. The summed E-state index contributed by atoms with van der Waals surface area (Å²) in [7, 11) is 0. The molecule has 1 aliphatic rings. The molecule has 1 unspecified atom stereocenters. The molecule has 0 bridgehead atoms. The molecule has 1 atom stereocenters. The van der Waals surface area contributed by atoms with Crippen molar-refractivity contribution in [1.82, 2.24) is 0 Å². The van der Waals surface area contributed by atoms with Crippen molar-refractivity contribution in [2.75, 3.05) is 5.32 Å². The summed E-state index contributed by atoms with van der Waals surface area (Å²) >= 11 is 3.48. The van der Waals surface area contributed by atoms with Gasteiger partial charge in [-0.05, 0) is 54.6 Å². The number of anilines is 1.